The highest BCUT2D eigenvalue weighted by atomic mass is 35.5. The largest absolute Gasteiger partial charge is 0.492 e. The molecule has 0 radical (unpaired) electrons. The Morgan fingerprint density at radius 1 is 0.763 bits per heavy atom. The third-order valence-corrected chi connectivity index (χ3v) is 11.5. The quantitative estimate of drug-likeness (QED) is 0.0999. The van der Waals surface area contributed by atoms with E-state index in [1.807, 2.05) is 64.7 Å². The van der Waals surface area contributed by atoms with Gasteiger partial charge in [-0.15, -0.1) is 0 Å². The Morgan fingerprint density at radius 2 is 1.39 bits per heavy atom. The van der Waals surface area contributed by atoms with Gasteiger partial charge in [-0.1, -0.05) is 35.9 Å². The van der Waals surface area contributed by atoms with Crippen molar-refractivity contribution in [3.8, 4) is 5.75 Å². The van der Waals surface area contributed by atoms with Crippen LogP contribution in [0.4, 0.5) is 11.4 Å². The molecule has 0 bridgehead atoms. The highest BCUT2D eigenvalue weighted by Crippen LogP contribution is 2.26. The van der Waals surface area contributed by atoms with E-state index in [1.165, 1.54) is 0 Å². The Hall–Kier alpha value is -5.07. The highest BCUT2D eigenvalue weighted by Gasteiger charge is 2.23. The van der Waals surface area contributed by atoms with Gasteiger partial charge in [0.2, 0.25) is 20.0 Å². The number of fused-ring (bicyclic) bond motifs is 2. The first kappa shape index (κ1) is 43.5. The normalized spacial score (nSPS) is 14.1. The molecule has 0 atom stereocenters. The SMILES string of the molecule is CN(CCOc1ccc(NS(C)(=O)=O)cc1)CCc1ccc(NS(C)(=O)=O)cc1.O=c1[nH]c2ccccc2n1CCCN1CCC(n2c(=O)[nH]c3cc(Cl)ccc32)CC1. The molecule has 7 rings (SSSR count). The van der Waals surface area contributed by atoms with Gasteiger partial charge in [-0.2, -0.15) is 0 Å². The van der Waals surface area contributed by atoms with Gasteiger partial charge in [0.05, 0.1) is 34.6 Å². The maximum absolute atomic E-state index is 12.5. The topological polar surface area (TPSA) is 184 Å². The second kappa shape index (κ2) is 19.3. The molecule has 3 heterocycles. The summed E-state index contributed by atoms with van der Waals surface area (Å²) in [5, 5.41) is 0.625. The minimum atomic E-state index is -3.29. The van der Waals surface area contributed by atoms with Crippen molar-refractivity contribution in [2.45, 2.75) is 38.3 Å². The van der Waals surface area contributed by atoms with Gasteiger partial charge in [0.15, 0.2) is 0 Å². The molecule has 18 heteroatoms. The molecular weight excluding hydrogens is 816 g/mol. The van der Waals surface area contributed by atoms with Crippen LogP contribution in [0.15, 0.2) is 101 Å². The number of ether oxygens (including phenoxy) is 1. The van der Waals surface area contributed by atoms with Gasteiger partial charge in [-0.3, -0.25) is 18.6 Å². The van der Waals surface area contributed by atoms with Crippen LogP contribution in [0.3, 0.4) is 0 Å². The van der Waals surface area contributed by atoms with E-state index in [2.05, 4.69) is 29.2 Å². The lowest BCUT2D eigenvalue weighted by atomic mass is 10.0. The molecule has 0 saturated carbocycles. The van der Waals surface area contributed by atoms with Gasteiger partial charge in [0, 0.05) is 55.2 Å². The molecule has 0 amide bonds. The summed E-state index contributed by atoms with van der Waals surface area (Å²) in [6.07, 6.45) is 5.84. The Bertz CT molecular complexity index is 2670. The number of likely N-dealkylation sites (tertiary alicyclic amines) is 1. The lowest BCUT2D eigenvalue weighted by Gasteiger charge is -2.32. The number of anilines is 2. The second-order valence-electron chi connectivity index (χ2n) is 14.9. The fourth-order valence-corrected chi connectivity index (χ4v) is 8.49. The summed E-state index contributed by atoms with van der Waals surface area (Å²) in [4.78, 5) is 35.1. The molecule has 15 nitrogen and oxygen atoms in total. The molecule has 0 spiro atoms. The first-order chi connectivity index (χ1) is 28.1. The van der Waals surface area contributed by atoms with Crippen molar-refractivity contribution in [3.05, 3.63) is 123 Å². The van der Waals surface area contributed by atoms with Crippen molar-refractivity contribution in [1.29, 1.82) is 0 Å². The van der Waals surface area contributed by atoms with Crippen LogP contribution in [0.2, 0.25) is 5.02 Å². The fraction of sp³-hybridized carbons (Fsp3) is 0.366. The van der Waals surface area contributed by atoms with E-state index in [1.54, 1.807) is 42.5 Å². The van der Waals surface area contributed by atoms with Crippen molar-refractivity contribution in [1.82, 2.24) is 28.9 Å². The van der Waals surface area contributed by atoms with Crippen molar-refractivity contribution < 1.29 is 21.6 Å². The van der Waals surface area contributed by atoms with Crippen LogP contribution in [-0.4, -0.2) is 105 Å². The number of aromatic amines is 2. The maximum atomic E-state index is 12.5. The van der Waals surface area contributed by atoms with E-state index in [4.69, 9.17) is 16.3 Å². The number of hydrogen-bond donors (Lipinski definition) is 4. The van der Waals surface area contributed by atoms with Crippen molar-refractivity contribution in [2.75, 3.05) is 68.3 Å². The van der Waals surface area contributed by atoms with Crippen molar-refractivity contribution >= 4 is 65.1 Å². The molecule has 6 aromatic rings. The summed E-state index contributed by atoms with van der Waals surface area (Å²) in [5.41, 5.74) is 5.60. The summed E-state index contributed by atoms with van der Waals surface area (Å²) in [7, 11) is -4.55. The van der Waals surface area contributed by atoms with E-state index < -0.39 is 20.0 Å². The molecule has 1 aliphatic heterocycles. The molecule has 2 aromatic heterocycles. The van der Waals surface area contributed by atoms with Crippen LogP contribution in [0.1, 0.15) is 30.9 Å². The van der Waals surface area contributed by atoms with Gasteiger partial charge in [-0.25, -0.2) is 26.4 Å². The molecule has 1 fully saturated rings. The minimum Gasteiger partial charge on any atom is -0.492 e. The Morgan fingerprint density at radius 3 is 2.05 bits per heavy atom. The summed E-state index contributed by atoms with van der Waals surface area (Å²) in [6.45, 7) is 5.60. The van der Waals surface area contributed by atoms with Gasteiger partial charge in [0.25, 0.3) is 0 Å². The van der Waals surface area contributed by atoms with E-state index in [9.17, 15) is 26.4 Å². The Kier molecular flexibility index (Phi) is 14.3. The van der Waals surface area contributed by atoms with Gasteiger partial charge in [0.1, 0.15) is 12.4 Å². The summed E-state index contributed by atoms with van der Waals surface area (Å²) in [6, 6.07) is 27.6. The number of halogens is 1. The Labute approximate surface area is 349 Å². The third kappa shape index (κ3) is 12.7. The van der Waals surface area contributed by atoms with Crippen LogP contribution in [0.25, 0.3) is 22.1 Å². The zero-order valence-corrected chi connectivity index (χ0v) is 35.7. The zero-order chi connectivity index (χ0) is 42.2. The molecule has 0 unspecified atom stereocenters. The standard InChI is InChI=1S/C22H24ClN5O2.C19H27N3O5S2/c23-15-6-7-20-18(14-15)25-22(30)28(20)16-8-12-26(13-9-16)10-3-11-27-19-5-2-1-4-17(19)24-21(27)29;1-22(13-12-16-4-6-17(7-5-16)20-28(2,23)24)14-15-27-19-10-8-18(9-11-19)21-29(3,25)26/h1-2,4-7,14,16H,3,8-13H2,(H,24,29)(H,25,30);4-11,20-21H,12-15H2,1-3H3. The molecule has 1 saturated heterocycles. The van der Waals surface area contributed by atoms with Crippen LogP contribution < -0.4 is 25.6 Å². The number of aryl methyl sites for hydroxylation is 1. The lowest BCUT2D eigenvalue weighted by molar-refractivity contribution is 0.183. The summed E-state index contributed by atoms with van der Waals surface area (Å²) < 4.78 is 59.1. The van der Waals surface area contributed by atoms with Crippen LogP contribution in [0.5, 0.6) is 5.75 Å². The summed E-state index contributed by atoms with van der Waals surface area (Å²) in [5.74, 6) is 0.673. The molecule has 0 aliphatic carbocycles. The average Bonchev–Trinajstić information content (AvgIpc) is 3.68. The number of para-hydroxylation sites is 2. The van der Waals surface area contributed by atoms with Crippen LogP contribution in [-0.2, 0) is 33.0 Å². The zero-order valence-electron chi connectivity index (χ0n) is 33.4. The monoisotopic (exact) mass is 866 g/mol. The number of sulfonamides is 2. The molecular formula is C41H51ClN8O7S2. The second-order valence-corrected chi connectivity index (χ2v) is 18.8. The van der Waals surface area contributed by atoms with Crippen molar-refractivity contribution in [2.24, 2.45) is 0 Å². The van der Waals surface area contributed by atoms with E-state index in [-0.39, 0.29) is 17.4 Å². The lowest BCUT2D eigenvalue weighted by Crippen LogP contribution is -2.37. The number of nitrogens with zero attached hydrogens (tertiary/aromatic N) is 4. The smallest absolute Gasteiger partial charge is 0.326 e. The van der Waals surface area contributed by atoms with E-state index >= 15 is 0 Å². The number of hydrogen-bond acceptors (Lipinski definition) is 9. The molecule has 316 valence electrons. The number of benzene rings is 4. The first-order valence-electron chi connectivity index (χ1n) is 19.4. The maximum Gasteiger partial charge on any atom is 0.326 e. The van der Waals surface area contributed by atoms with E-state index in [0.717, 1.165) is 98.5 Å². The molecule has 4 N–H and O–H groups in total. The minimum absolute atomic E-state index is 0.0475. The van der Waals surface area contributed by atoms with Crippen molar-refractivity contribution in [3.63, 3.8) is 0 Å². The number of imidazole rings is 2. The number of aromatic nitrogens is 4. The summed E-state index contributed by atoms with van der Waals surface area (Å²) >= 11 is 6.05. The van der Waals surface area contributed by atoms with Gasteiger partial charge < -0.3 is 24.5 Å². The van der Waals surface area contributed by atoms with Gasteiger partial charge >= 0.3 is 11.4 Å². The number of H-pyrrole nitrogens is 2. The van der Waals surface area contributed by atoms with Crippen LogP contribution in [0, 0.1) is 0 Å². The van der Waals surface area contributed by atoms with Crippen LogP contribution >= 0.6 is 11.6 Å². The van der Waals surface area contributed by atoms with Gasteiger partial charge in [-0.05, 0) is 112 Å². The first-order valence-corrected chi connectivity index (χ1v) is 23.5. The fourth-order valence-electron chi connectivity index (χ4n) is 7.19. The predicted octanol–water partition coefficient (Wildman–Crippen LogP) is 5.34. The third-order valence-electron chi connectivity index (χ3n) is 10.1. The number of piperidine rings is 1. The van der Waals surface area contributed by atoms with E-state index in [0.29, 0.717) is 35.3 Å². The molecule has 59 heavy (non-hydrogen) atoms. The number of nitrogens with one attached hydrogen (secondary N) is 4. The number of rotatable bonds is 16. The average molecular weight is 867 g/mol. The highest BCUT2D eigenvalue weighted by molar-refractivity contribution is 7.92. The predicted molar refractivity (Wildman–Crippen MR) is 236 cm³/mol. The molecule has 4 aromatic carbocycles. The Balaban J connectivity index is 0.000000199. The molecule has 1 aliphatic rings. The number of likely N-dealkylation sites (N-methyl/N-ethyl adjacent to an activating group) is 1.